The summed E-state index contributed by atoms with van der Waals surface area (Å²) < 4.78 is 8.07. The molecule has 1 aliphatic rings. The van der Waals surface area contributed by atoms with E-state index in [1.807, 2.05) is 89.3 Å². The van der Waals surface area contributed by atoms with Crippen molar-refractivity contribution in [3.63, 3.8) is 0 Å². The maximum absolute atomic E-state index is 12.9. The van der Waals surface area contributed by atoms with Crippen LogP contribution in [0.4, 0.5) is 5.82 Å². The number of hydrogen-bond acceptors (Lipinski definition) is 4. The quantitative estimate of drug-likeness (QED) is 0.328. The maximum atomic E-state index is 12.9. The zero-order chi connectivity index (χ0) is 24.9. The van der Waals surface area contributed by atoms with E-state index in [1.165, 1.54) is 0 Å². The lowest BCUT2D eigenvalue weighted by Gasteiger charge is -2.34. The van der Waals surface area contributed by atoms with Gasteiger partial charge in [-0.3, -0.25) is 9.48 Å². The minimum Gasteiger partial charge on any atom is -0.489 e. The summed E-state index contributed by atoms with van der Waals surface area (Å²) in [4.78, 5) is 16.8. The molecular formula is C29H29ClN4O2. The number of piperazine rings is 1. The molecule has 0 saturated carbocycles. The number of halogens is 1. The van der Waals surface area contributed by atoms with Crippen molar-refractivity contribution in [3.05, 3.63) is 112 Å². The third kappa shape index (κ3) is 5.71. The summed E-state index contributed by atoms with van der Waals surface area (Å²) in [5.74, 6) is 1.71. The molecule has 0 bridgehead atoms. The van der Waals surface area contributed by atoms with E-state index >= 15 is 0 Å². The van der Waals surface area contributed by atoms with E-state index in [4.69, 9.17) is 21.4 Å². The number of benzene rings is 3. The van der Waals surface area contributed by atoms with Crippen LogP contribution in [0.25, 0.3) is 0 Å². The molecule has 3 aromatic carbocycles. The Kier molecular flexibility index (Phi) is 7.23. The summed E-state index contributed by atoms with van der Waals surface area (Å²) in [6.07, 6.45) is 0. The molecule has 184 valence electrons. The smallest absolute Gasteiger partial charge is 0.242 e. The first-order chi connectivity index (χ1) is 17.5. The van der Waals surface area contributed by atoms with E-state index < -0.39 is 0 Å². The van der Waals surface area contributed by atoms with E-state index in [0.29, 0.717) is 37.8 Å². The molecule has 7 heteroatoms. The van der Waals surface area contributed by atoms with Crippen molar-refractivity contribution in [3.8, 4) is 5.75 Å². The fourth-order valence-electron chi connectivity index (χ4n) is 4.39. The van der Waals surface area contributed by atoms with Crippen LogP contribution in [0, 0.1) is 6.92 Å². The van der Waals surface area contributed by atoms with Gasteiger partial charge in [-0.15, -0.1) is 0 Å². The third-order valence-electron chi connectivity index (χ3n) is 6.41. The summed E-state index contributed by atoms with van der Waals surface area (Å²) >= 11 is 6.32. The van der Waals surface area contributed by atoms with Crippen LogP contribution in [0.5, 0.6) is 5.75 Å². The third-order valence-corrected chi connectivity index (χ3v) is 6.64. The van der Waals surface area contributed by atoms with Crippen molar-refractivity contribution in [2.45, 2.75) is 26.6 Å². The highest BCUT2D eigenvalue weighted by Crippen LogP contribution is 2.26. The van der Waals surface area contributed by atoms with Crippen molar-refractivity contribution >= 4 is 23.3 Å². The van der Waals surface area contributed by atoms with Gasteiger partial charge in [0.25, 0.3) is 0 Å². The highest BCUT2D eigenvalue weighted by molar-refractivity contribution is 6.30. The largest absolute Gasteiger partial charge is 0.489 e. The van der Waals surface area contributed by atoms with Gasteiger partial charge in [0.15, 0.2) is 5.82 Å². The van der Waals surface area contributed by atoms with E-state index in [9.17, 15) is 4.79 Å². The summed E-state index contributed by atoms with van der Waals surface area (Å²) in [6.45, 7) is 5.42. The van der Waals surface area contributed by atoms with Gasteiger partial charge in [0, 0.05) is 42.0 Å². The topological polar surface area (TPSA) is 50.6 Å². The molecule has 1 aliphatic heterocycles. The van der Waals surface area contributed by atoms with Gasteiger partial charge in [0.1, 0.15) is 12.4 Å². The number of nitrogens with zero attached hydrogens (tertiary/aromatic N) is 4. The van der Waals surface area contributed by atoms with Crippen molar-refractivity contribution in [2.24, 2.45) is 0 Å². The van der Waals surface area contributed by atoms with Crippen LogP contribution in [-0.2, 0) is 24.5 Å². The van der Waals surface area contributed by atoms with E-state index in [-0.39, 0.29) is 5.91 Å². The van der Waals surface area contributed by atoms with Crippen molar-refractivity contribution in [1.82, 2.24) is 14.7 Å². The molecule has 4 aromatic rings. The van der Waals surface area contributed by atoms with Crippen LogP contribution in [0.15, 0.2) is 84.9 Å². The van der Waals surface area contributed by atoms with E-state index in [2.05, 4.69) is 17.0 Å². The molecule has 1 aromatic heterocycles. The normalized spacial score (nSPS) is 13.8. The molecule has 36 heavy (non-hydrogen) atoms. The number of carbonyl (C=O) groups excluding carboxylic acids is 1. The second kappa shape index (κ2) is 10.9. The Hall–Kier alpha value is -3.77. The van der Waals surface area contributed by atoms with Gasteiger partial charge in [-0.25, -0.2) is 0 Å². The van der Waals surface area contributed by atoms with E-state index in [0.717, 1.165) is 40.5 Å². The Labute approximate surface area is 216 Å². The lowest BCUT2D eigenvalue weighted by molar-refractivity contribution is -0.131. The minimum atomic E-state index is 0.115. The Bertz CT molecular complexity index is 1320. The monoisotopic (exact) mass is 500 g/mol. The Morgan fingerprint density at radius 1 is 0.889 bits per heavy atom. The molecule has 1 saturated heterocycles. The molecule has 5 rings (SSSR count). The summed E-state index contributed by atoms with van der Waals surface area (Å²) in [6, 6.07) is 27.9. The first kappa shape index (κ1) is 23.9. The second-order valence-corrected chi connectivity index (χ2v) is 9.49. The lowest BCUT2D eigenvalue weighted by Crippen LogP contribution is -2.50. The number of carbonyl (C=O) groups is 1. The molecule has 0 radical (unpaired) electrons. The Morgan fingerprint density at radius 3 is 2.33 bits per heavy atom. The molecule has 0 atom stereocenters. The number of ether oxygens (including phenoxy) is 1. The van der Waals surface area contributed by atoms with Gasteiger partial charge in [-0.1, -0.05) is 72.3 Å². The average Bonchev–Trinajstić information content (AvgIpc) is 3.26. The van der Waals surface area contributed by atoms with Gasteiger partial charge in [0.05, 0.1) is 13.1 Å². The van der Waals surface area contributed by atoms with Crippen LogP contribution >= 0.6 is 11.6 Å². The van der Waals surface area contributed by atoms with Gasteiger partial charge in [-0.2, -0.15) is 5.10 Å². The molecule has 1 amide bonds. The van der Waals surface area contributed by atoms with Crippen LogP contribution in [0.2, 0.25) is 5.02 Å². The van der Waals surface area contributed by atoms with Crippen molar-refractivity contribution < 1.29 is 9.53 Å². The Morgan fingerprint density at radius 2 is 1.61 bits per heavy atom. The Balaban J connectivity index is 1.26. The highest BCUT2D eigenvalue weighted by atomic mass is 35.5. The van der Waals surface area contributed by atoms with Gasteiger partial charge < -0.3 is 14.5 Å². The SMILES string of the molecule is Cc1cc(N2CCN(Cc3ccccc3)C(=O)C2)nn1Cc1cc(Cl)ccc1OCc1ccccc1. The lowest BCUT2D eigenvalue weighted by atomic mass is 10.2. The molecule has 6 nitrogen and oxygen atoms in total. The van der Waals surface area contributed by atoms with Crippen LogP contribution in [0.3, 0.4) is 0 Å². The minimum absolute atomic E-state index is 0.115. The fraction of sp³-hybridized carbons (Fsp3) is 0.241. The fourth-order valence-corrected chi connectivity index (χ4v) is 4.59. The number of aryl methyl sites for hydroxylation is 1. The molecule has 0 spiro atoms. The summed E-state index contributed by atoms with van der Waals surface area (Å²) in [7, 11) is 0. The van der Waals surface area contributed by atoms with Crippen molar-refractivity contribution in [2.75, 3.05) is 24.5 Å². The number of anilines is 1. The predicted octanol–water partition coefficient (Wildman–Crippen LogP) is 5.32. The molecule has 0 aliphatic carbocycles. The molecule has 0 unspecified atom stereocenters. The maximum Gasteiger partial charge on any atom is 0.242 e. The number of hydrogen-bond donors (Lipinski definition) is 0. The van der Waals surface area contributed by atoms with Gasteiger partial charge in [0.2, 0.25) is 5.91 Å². The highest BCUT2D eigenvalue weighted by Gasteiger charge is 2.26. The number of rotatable bonds is 8. The van der Waals surface area contributed by atoms with Gasteiger partial charge in [-0.05, 0) is 36.2 Å². The first-order valence-electron chi connectivity index (χ1n) is 12.1. The molecule has 1 fully saturated rings. The van der Waals surface area contributed by atoms with Crippen molar-refractivity contribution in [1.29, 1.82) is 0 Å². The van der Waals surface area contributed by atoms with Crippen LogP contribution < -0.4 is 9.64 Å². The standard InChI is InChI=1S/C29H29ClN4O2/c1-22-16-28(32-14-15-33(29(35)20-32)18-23-8-4-2-5-9-23)31-34(22)19-25-17-26(30)12-13-27(25)36-21-24-10-6-3-7-11-24/h2-13,16-17H,14-15,18-21H2,1H3. The number of aromatic nitrogens is 2. The zero-order valence-electron chi connectivity index (χ0n) is 20.3. The summed E-state index contributed by atoms with van der Waals surface area (Å²) in [5, 5.41) is 5.49. The predicted molar refractivity (Wildman–Crippen MR) is 142 cm³/mol. The molecule has 0 N–H and O–H groups in total. The summed E-state index contributed by atoms with van der Waals surface area (Å²) in [5.41, 5.74) is 4.22. The van der Waals surface area contributed by atoms with Crippen LogP contribution in [0.1, 0.15) is 22.4 Å². The van der Waals surface area contributed by atoms with Gasteiger partial charge >= 0.3 is 0 Å². The molecular weight excluding hydrogens is 472 g/mol. The second-order valence-electron chi connectivity index (χ2n) is 9.05. The van der Waals surface area contributed by atoms with E-state index in [1.54, 1.807) is 0 Å². The zero-order valence-corrected chi connectivity index (χ0v) is 21.1. The van der Waals surface area contributed by atoms with Crippen LogP contribution in [-0.4, -0.2) is 40.2 Å². The number of amides is 1. The molecule has 2 heterocycles. The first-order valence-corrected chi connectivity index (χ1v) is 12.5. The average molecular weight is 501 g/mol.